The van der Waals surface area contributed by atoms with Gasteiger partial charge in [-0.15, -0.1) is 0 Å². The maximum Gasteiger partial charge on any atom is 0.253 e. The lowest BCUT2D eigenvalue weighted by atomic mass is 10.1. The molecule has 0 aromatic heterocycles. The zero-order valence-electron chi connectivity index (χ0n) is 14.9. The number of hydrogen-bond donors (Lipinski definition) is 0. The van der Waals surface area contributed by atoms with Crippen molar-refractivity contribution in [1.82, 2.24) is 9.80 Å². The monoisotopic (exact) mass is 336 g/mol. The Morgan fingerprint density at radius 2 is 1.40 bits per heavy atom. The number of carbonyl (C=O) groups is 2. The molecule has 0 saturated carbocycles. The van der Waals surface area contributed by atoms with Crippen molar-refractivity contribution in [2.24, 2.45) is 0 Å². The second-order valence-corrected chi connectivity index (χ2v) is 6.50. The predicted octanol–water partition coefficient (Wildman–Crippen LogP) is 3.16. The normalized spacial score (nSPS) is 14.5. The second-order valence-electron chi connectivity index (χ2n) is 6.50. The fraction of sp³-hybridized carbons (Fsp3) is 0.333. The van der Waals surface area contributed by atoms with E-state index in [1.165, 1.54) is 5.56 Å². The minimum absolute atomic E-state index is 0.0445. The fourth-order valence-electron chi connectivity index (χ4n) is 3.14. The van der Waals surface area contributed by atoms with Crippen LogP contribution in [0.2, 0.25) is 0 Å². The van der Waals surface area contributed by atoms with Gasteiger partial charge in [0.05, 0.1) is 0 Å². The van der Waals surface area contributed by atoms with Gasteiger partial charge in [-0.05, 0) is 43.2 Å². The van der Waals surface area contributed by atoms with E-state index in [0.717, 1.165) is 23.1 Å². The first-order valence-electron chi connectivity index (χ1n) is 8.82. The van der Waals surface area contributed by atoms with Crippen LogP contribution in [-0.2, 0) is 6.42 Å². The molecule has 0 unspecified atom stereocenters. The van der Waals surface area contributed by atoms with Crippen molar-refractivity contribution in [3.8, 4) is 0 Å². The van der Waals surface area contributed by atoms with Crippen LogP contribution >= 0.6 is 0 Å². The summed E-state index contributed by atoms with van der Waals surface area (Å²) in [5.41, 5.74) is 3.74. The molecule has 1 heterocycles. The van der Waals surface area contributed by atoms with Crippen molar-refractivity contribution in [3.63, 3.8) is 0 Å². The van der Waals surface area contributed by atoms with Crippen LogP contribution in [0, 0.1) is 6.92 Å². The Kier molecular flexibility index (Phi) is 5.17. The standard InChI is InChI=1S/C21H24N2O2/c1-3-17-7-9-18(10-8-17)20(24)22-11-13-23(14-12-22)21(25)19-6-4-5-16(2)15-19/h4-10,15H,3,11-14H2,1-2H3. The molecule has 2 aromatic rings. The minimum atomic E-state index is 0.0445. The Morgan fingerprint density at radius 1 is 0.840 bits per heavy atom. The zero-order valence-corrected chi connectivity index (χ0v) is 14.9. The summed E-state index contributed by atoms with van der Waals surface area (Å²) in [6, 6.07) is 15.4. The van der Waals surface area contributed by atoms with Gasteiger partial charge >= 0.3 is 0 Å². The van der Waals surface area contributed by atoms with Crippen molar-refractivity contribution >= 4 is 11.8 Å². The number of benzene rings is 2. The van der Waals surface area contributed by atoms with Gasteiger partial charge in [-0.1, -0.05) is 36.8 Å². The van der Waals surface area contributed by atoms with Crippen molar-refractivity contribution in [1.29, 1.82) is 0 Å². The van der Waals surface area contributed by atoms with Gasteiger partial charge in [0, 0.05) is 37.3 Å². The molecule has 1 saturated heterocycles. The van der Waals surface area contributed by atoms with Crippen molar-refractivity contribution in [2.45, 2.75) is 20.3 Å². The number of piperazine rings is 1. The molecule has 0 atom stereocenters. The van der Waals surface area contributed by atoms with E-state index in [4.69, 9.17) is 0 Å². The summed E-state index contributed by atoms with van der Waals surface area (Å²) in [5, 5.41) is 0. The van der Waals surface area contributed by atoms with Crippen molar-refractivity contribution < 1.29 is 9.59 Å². The summed E-state index contributed by atoms with van der Waals surface area (Å²) in [7, 11) is 0. The molecule has 0 radical (unpaired) electrons. The van der Waals surface area contributed by atoms with Crippen LogP contribution in [-0.4, -0.2) is 47.8 Å². The molecule has 4 heteroatoms. The molecule has 1 aliphatic rings. The summed E-state index contributed by atoms with van der Waals surface area (Å²) >= 11 is 0. The van der Waals surface area contributed by atoms with E-state index in [2.05, 4.69) is 6.92 Å². The molecule has 0 N–H and O–H groups in total. The third-order valence-electron chi connectivity index (χ3n) is 4.73. The Morgan fingerprint density at radius 3 is 1.92 bits per heavy atom. The number of rotatable bonds is 3. The molecular formula is C21H24N2O2. The van der Waals surface area contributed by atoms with Crippen LogP contribution in [0.4, 0.5) is 0 Å². The molecule has 4 nitrogen and oxygen atoms in total. The molecule has 1 fully saturated rings. The maximum atomic E-state index is 12.6. The van der Waals surface area contributed by atoms with E-state index in [-0.39, 0.29) is 11.8 Å². The van der Waals surface area contributed by atoms with Crippen molar-refractivity contribution in [2.75, 3.05) is 26.2 Å². The van der Waals surface area contributed by atoms with Gasteiger partial charge in [-0.2, -0.15) is 0 Å². The van der Waals surface area contributed by atoms with Gasteiger partial charge in [0.25, 0.3) is 11.8 Å². The average molecular weight is 336 g/mol. The third-order valence-corrected chi connectivity index (χ3v) is 4.73. The molecule has 3 rings (SSSR count). The Labute approximate surface area is 149 Å². The summed E-state index contributed by atoms with van der Waals surface area (Å²) in [5.74, 6) is 0.0911. The van der Waals surface area contributed by atoms with Gasteiger partial charge in [-0.3, -0.25) is 9.59 Å². The SMILES string of the molecule is CCc1ccc(C(=O)N2CCN(C(=O)c3cccc(C)c3)CC2)cc1. The Balaban J connectivity index is 1.61. The smallest absolute Gasteiger partial charge is 0.253 e. The summed E-state index contributed by atoms with van der Waals surface area (Å²) in [6.07, 6.45) is 0.966. The molecule has 0 aliphatic carbocycles. The Hall–Kier alpha value is -2.62. The highest BCUT2D eigenvalue weighted by atomic mass is 16.2. The Bertz CT molecular complexity index is 760. The largest absolute Gasteiger partial charge is 0.335 e. The topological polar surface area (TPSA) is 40.6 Å². The molecule has 0 spiro atoms. The van der Waals surface area contributed by atoms with Crippen molar-refractivity contribution in [3.05, 3.63) is 70.8 Å². The maximum absolute atomic E-state index is 12.6. The van der Waals surface area contributed by atoms with Crippen LogP contribution in [0.25, 0.3) is 0 Å². The van der Waals surface area contributed by atoms with E-state index < -0.39 is 0 Å². The number of nitrogens with zero attached hydrogens (tertiary/aromatic N) is 2. The van der Waals surface area contributed by atoms with E-state index >= 15 is 0 Å². The number of hydrogen-bond acceptors (Lipinski definition) is 2. The summed E-state index contributed by atoms with van der Waals surface area (Å²) < 4.78 is 0. The highest BCUT2D eigenvalue weighted by molar-refractivity contribution is 5.96. The lowest BCUT2D eigenvalue weighted by Gasteiger charge is -2.35. The van der Waals surface area contributed by atoms with Crippen LogP contribution in [0.5, 0.6) is 0 Å². The number of aryl methyl sites for hydroxylation is 2. The first-order valence-corrected chi connectivity index (χ1v) is 8.82. The number of amides is 2. The van der Waals surface area contributed by atoms with Gasteiger partial charge in [0.15, 0.2) is 0 Å². The molecule has 2 aromatic carbocycles. The second kappa shape index (κ2) is 7.51. The zero-order chi connectivity index (χ0) is 17.8. The lowest BCUT2D eigenvalue weighted by Crippen LogP contribution is -2.50. The van der Waals surface area contributed by atoms with Crippen LogP contribution in [0.1, 0.15) is 38.8 Å². The molecule has 2 amide bonds. The first-order chi connectivity index (χ1) is 12.1. The molecule has 25 heavy (non-hydrogen) atoms. The molecule has 0 bridgehead atoms. The van der Waals surface area contributed by atoms with Crippen LogP contribution < -0.4 is 0 Å². The summed E-state index contributed by atoms with van der Waals surface area (Å²) in [4.78, 5) is 28.9. The van der Waals surface area contributed by atoms with E-state index in [1.807, 2.05) is 65.3 Å². The van der Waals surface area contributed by atoms with Gasteiger partial charge in [0.2, 0.25) is 0 Å². The average Bonchev–Trinajstić information content (AvgIpc) is 2.67. The third kappa shape index (κ3) is 3.90. The first kappa shape index (κ1) is 17.2. The molecular weight excluding hydrogens is 312 g/mol. The highest BCUT2D eigenvalue weighted by Gasteiger charge is 2.25. The summed E-state index contributed by atoms with van der Waals surface area (Å²) in [6.45, 7) is 6.38. The molecule has 130 valence electrons. The predicted molar refractivity (Wildman–Crippen MR) is 98.8 cm³/mol. The van der Waals surface area contributed by atoms with Gasteiger partial charge in [0.1, 0.15) is 0 Å². The van der Waals surface area contributed by atoms with Crippen LogP contribution in [0.15, 0.2) is 48.5 Å². The quantitative estimate of drug-likeness (QED) is 0.864. The fourth-order valence-corrected chi connectivity index (χ4v) is 3.14. The number of carbonyl (C=O) groups excluding carboxylic acids is 2. The van der Waals surface area contributed by atoms with Gasteiger partial charge < -0.3 is 9.80 Å². The van der Waals surface area contributed by atoms with E-state index in [1.54, 1.807) is 0 Å². The van der Waals surface area contributed by atoms with Gasteiger partial charge in [-0.25, -0.2) is 0 Å². The molecule has 1 aliphatic heterocycles. The lowest BCUT2D eigenvalue weighted by molar-refractivity contribution is 0.0535. The highest BCUT2D eigenvalue weighted by Crippen LogP contribution is 2.13. The van der Waals surface area contributed by atoms with E-state index in [9.17, 15) is 9.59 Å². The van der Waals surface area contributed by atoms with Crippen LogP contribution in [0.3, 0.4) is 0 Å². The minimum Gasteiger partial charge on any atom is -0.335 e. The van der Waals surface area contributed by atoms with E-state index in [0.29, 0.717) is 26.2 Å².